The van der Waals surface area contributed by atoms with Crippen LogP contribution in [0, 0.1) is 11.8 Å². The van der Waals surface area contributed by atoms with Gasteiger partial charge in [-0.2, -0.15) is 0 Å². The summed E-state index contributed by atoms with van der Waals surface area (Å²) in [5.74, 6) is -2.17. The number of amides is 1. The molecule has 0 unspecified atom stereocenters. The second kappa shape index (κ2) is 6.17. The molecule has 0 radical (unpaired) electrons. The molecule has 0 fully saturated rings. The molecule has 0 aromatic carbocycles. The van der Waals surface area contributed by atoms with Gasteiger partial charge < -0.3 is 15.4 Å². The zero-order valence-corrected chi connectivity index (χ0v) is 10.5. The first-order valence-corrected chi connectivity index (χ1v) is 6.31. The van der Waals surface area contributed by atoms with E-state index in [1.807, 2.05) is 12.2 Å². The molecule has 1 heterocycles. The van der Waals surface area contributed by atoms with Crippen LogP contribution in [0.25, 0.3) is 0 Å². The van der Waals surface area contributed by atoms with Gasteiger partial charge in [-0.05, 0) is 12.8 Å². The number of aliphatic carboxylic acids is 1. The molecule has 0 spiro atoms. The lowest BCUT2D eigenvalue weighted by molar-refractivity contribution is -0.147. The quantitative estimate of drug-likeness (QED) is 0.683. The summed E-state index contributed by atoms with van der Waals surface area (Å²) in [4.78, 5) is 29.9. The normalized spacial score (nSPS) is 22.1. The number of nitrogens with zero attached hydrogens (tertiary/aromatic N) is 1. The zero-order valence-electron chi connectivity index (χ0n) is 10.5. The molecule has 102 valence electrons. The Morgan fingerprint density at radius 2 is 2.11 bits per heavy atom. The minimum absolute atomic E-state index is 0.184. The molecule has 1 aromatic heterocycles. The maximum Gasteiger partial charge on any atom is 0.307 e. The van der Waals surface area contributed by atoms with Crippen LogP contribution in [0.1, 0.15) is 18.5 Å². The number of allylic oxidation sites excluding steroid dienone is 2. The number of rotatable bonds is 5. The first-order chi connectivity index (χ1) is 9.18. The highest BCUT2D eigenvalue weighted by atomic mass is 16.4. The molecule has 6 heteroatoms. The minimum Gasteiger partial charge on any atom is -0.481 e. The van der Waals surface area contributed by atoms with E-state index in [-0.39, 0.29) is 5.91 Å². The zero-order chi connectivity index (χ0) is 13.7. The van der Waals surface area contributed by atoms with E-state index in [0.717, 1.165) is 5.69 Å². The summed E-state index contributed by atoms with van der Waals surface area (Å²) < 4.78 is 0. The van der Waals surface area contributed by atoms with Gasteiger partial charge in [-0.25, -0.2) is 4.98 Å². The molecule has 3 N–H and O–H groups in total. The molecule has 19 heavy (non-hydrogen) atoms. The smallest absolute Gasteiger partial charge is 0.307 e. The average Bonchev–Trinajstić information content (AvgIpc) is 2.91. The van der Waals surface area contributed by atoms with E-state index in [4.69, 9.17) is 5.11 Å². The highest BCUT2D eigenvalue weighted by Gasteiger charge is 2.33. The van der Waals surface area contributed by atoms with Crippen LogP contribution in [-0.2, 0) is 16.0 Å². The van der Waals surface area contributed by atoms with E-state index < -0.39 is 17.8 Å². The van der Waals surface area contributed by atoms with Gasteiger partial charge in [0.1, 0.15) is 0 Å². The maximum atomic E-state index is 12.0. The van der Waals surface area contributed by atoms with Crippen molar-refractivity contribution in [2.45, 2.75) is 19.3 Å². The first kappa shape index (κ1) is 13.3. The van der Waals surface area contributed by atoms with Crippen LogP contribution >= 0.6 is 0 Å². The number of carboxylic acid groups (broad SMARTS) is 1. The van der Waals surface area contributed by atoms with Crippen LogP contribution in [0.15, 0.2) is 24.7 Å². The number of hydrogen-bond donors (Lipinski definition) is 3. The van der Waals surface area contributed by atoms with E-state index in [2.05, 4.69) is 15.3 Å². The van der Waals surface area contributed by atoms with E-state index in [1.165, 1.54) is 0 Å². The standard InChI is InChI=1S/C13H17N3O3/c17-12(15-6-5-9-7-14-8-16-9)10-3-1-2-4-11(10)13(18)19/h1-2,7-8,10-11H,3-6H2,(H,14,16)(H,15,17)(H,18,19)/t10-,11+/m1/s1. The third-order valence-electron chi connectivity index (χ3n) is 3.33. The Morgan fingerprint density at radius 3 is 2.74 bits per heavy atom. The predicted molar refractivity (Wildman–Crippen MR) is 68.3 cm³/mol. The molecule has 0 aliphatic heterocycles. The Labute approximate surface area is 110 Å². The van der Waals surface area contributed by atoms with Crippen LogP contribution in [0.4, 0.5) is 0 Å². The topological polar surface area (TPSA) is 95.1 Å². The molecule has 2 atom stereocenters. The largest absolute Gasteiger partial charge is 0.481 e. The number of imidazole rings is 1. The fourth-order valence-corrected chi connectivity index (χ4v) is 2.25. The van der Waals surface area contributed by atoms with E-state index in [1.54, 1.807) is 12.5 Å². The second-order valence-corrected chi connectivity index (χ2v) is 4.61. The van der Waals surface area contributed by atoms with Crippen molar-refractivity contribution < 1.29 is 14.7 Å². The summed E-state index contributed by atoms with van der Waals surface area (Å²) in [5, 5.41) is 11.9. The predicted octanol–water partition coefficient (Wildman–Crippen LogP) is 0.735. The van der Waals surface area contributed by atoms with Crippen LogP contribution < -0.4 is 5.32 Å². The summed E-state index contributed by atoms with van der Waals surface area (Å²) in [5.41, 5.74) is 0.943. The summed E-state index contributed by atoms with van der Waals surface area (Å²) in [6, 6.07) is 0. The van der Waals surface area contributed by atoms with E-state index in [9.17, 15) is 9.59 Å². The molecular formula is C13H17N3O3. The van der Waals surface area contributed by atoms with Crippen molar-refractivity contribution in [1.29, 1.82) is 0 Å². The molecule has 1 amide bonds. The summed E-state index contributed by atoms with van der Waals surface area (Å²) >= 11 is 0. The molecule has 0 bridgehead atoms. The van der Waals surface area contributed by atoms with Crippen LogP contribution in [-0.4, -0.2) is 33.5 Å². The van der Waals surface area contributed by atoms with Gasteiger partial charge in [0.25, 0.3) is 0 Å². The van der Waals surface area contributed by atoms with Crippen molar-refractivity contribution >= 4 is 11.9 Å². The molecule has 1 aliphatic rings. The molecule has 2 rings (SSSR count). The van der Waals surface area contributed by atoms with Crippen molar-refractivity contribution in [1.82, 2.24) is 15.3 Å². The fraction of sp³-hybridized carbons (Fsp3) is 0.462. The number of aromatic amines is 1. The Hall–Kier alpha value is -2.11. The Morgan fingerprint density at radius 1 is 1.37 bits per heavy atom. The number of carboxylic acids is 1. The van der Waals surface area contributed by atoms with Gasteiger partial charge in [0.15, 0.2) is 0 Å². The van der Waals surface area contributed by atoms with Gasteiger partial charge >= 0.3 is 5.97 Å². The lowest BCUT2D eigenvalue weighted by atomic mass is 9.82. The molecule has 6 nitrogen and oxygen atoms in total. The molecule has 0 saturated carbocycles. The minimum atomic E-state index is -0.905. The Kier molecular flexibility index (Phi) is 4.33. The molecule has 0 saturated heterocycles. The van der Waals surface area contributed by atoms with Gasteiger partial charge in [-0.1, -0.05) is 12.2 Å². The summed E-state index contributed by atoms with van der Waals surface area (Å²) in [6.07, 6.45) is 8.57. The van der Waals surface area contributed by atoms with E-state index in [0.29, 0.717) is 25.8 Å². The van der Waals surface area contributed by atoms with Crippen LogP contribution in [0.2, 0.25) is 0 Å². The third kappa shape index (κ3) is 3.43. The SMILES string of the molecule is O=C(O)[C@H]1CC=CC[C@H]1C(=O)NCCc1cnc[nH]1. The number of carbonyl (C=O) groups is 2. The van der Waals surface area contributed by atoms with E-state index >= 15 is 0 Å². The average molecular weight is 263 g/mol. The van der Waals surface area contributed by atoms with Crippen LogP contribution in [0.3, 0.4) is 0 Å². The van der Waals surface area contributed by atoms with Crippen molar-refractivity contribution in [3.8, 4) is 0 Å². The van der Waals surface area contributed by atoms with Crippen molar-refractivity contribution in [3.63, 3.8) is 0 Å². The van der Waals surface area contributed by atoms with Crippen LogP contribution in [0.5, 0.6) is 0 Å². The number of aromatic nitrogens is 2. The number of nitrogens with one attached hydrogen (secondary N) is 2. The van der Waals surface area contributed by atoms with Gasteiger partial charge in [0, 0.05) is 24.9 Å². The molecule has 1 aliphatic carbocycles. The third-order valence-corrected chi connectivity index (χ3v) is 3.33. The van der Waals surface area contributed by atoms with Crippen molar-refractivity contribution in [2.24, 2.45) is 11.8 Å². The first-order valence-electron chi connectivity index (χ1n) is 6.31. The number of carbonyl (C=O) groups excluding carboxylic acids is 1. The Bertz CT molecular complexity index is 467. The fourth-order valence-electron chi connectivity index (χ4n) is 2.25. The van der Waals surface area contributed by atoms with Gasteiger partial charge in [-0.3, -0.25) is 9.59 Å². The van der Waals surface area contributed by atoms with Gasteiger partial charge in [0.2, 0.25) is 5.91 Å². The lowest BCUT2D eigenvalue weighted by Crippen LogP contribution is -2.39. The molecule has 1 aromatic rings. The lowest BCUT2D eigenvalue weighted by Gasteiger charge is -2.24. The number of H-pyrrole nitrogens is 1. The summed E-state index contributed by atoms with van der Waals surface area (Å²) in [6.45, 7) is 0.480. The number of hydrogen-bond acceptors (Lipinski definition) is 3. The highest BCUT2D eigenvalue weighted by molar-refractivity contribution is 5.85. The van der Waals surface area contributed by atoms with Crippen molar-refractivity contribution in [3.05, 3.63) is 30.4 Å². The second-order valence-electron chi connectivity index (χ2n) is 4.61. The molecular weight excluding hydrogens is 246 g/mol. The van der Waals surface area contributed by atoms with Gasteiger partial charge in [0.05, 0.1) is 18.2 Å². The monoisotopic (exact) mass is 263 g/mol. The maximum absolute atomic E-state index is 12.0. The van der Waals surface area contributed by atoms with Crippen molar-refractivity contribution in [2.75, 3.05) is 6.54 Å². The Balaban J connectivity index is 1.84. The highest BCUT2D eigenvalue weighted by Crippen LogP contribution is 2.25. The van der Waals surface area contributed by atoms with Gasteiger partial charge in [-0.15, -0.1) is 0 Å². The summed E-state index contributed by atoms with van der Waals surface area (Å²) in [7, 11) is 0.